The van der Waals surface area contributed by atoms with Crippen LogP contribution >= 0.6 is 0 Å². The van der Waals surface area contributed by atoms with Gasteiger partial charge < -0.3 is 30.3 Å². The van der Waals surface area contributed by atoms with Crippen molar-refractivity contribution < 1.29 is 14.3 Å². The molecule has 0 radical (unpaired) electrons. The zero-order chi connectivity index (χ0) is 29.0. The van der Waals surface area contributed by atoms with Crippen LogP contribution in [0, 0.1) is 17.2 Å². The first-order valence-corrected chi connectivity index (χ1v) is 13.7. The number of nitrogens with one attached hydrogen (secondary N) is 1. The molecule has 41 heavy (non-hydrogen) atoms. The number of nitrogens with two attached hydrogens (primary N) is 1. The summed E-state index contributed by atoms with van der Waals surface area (Å²) >= 11 is 0. The molecule has 1 aromatic heterocycles. The molecule has 2 aromatic carbocycles. The van der Waals surface area contributed by atoms with Gasteiger partial charge in [0, 0.05) is 39.8 Å². The number of ether oxygens (including phenoxy) is 2. The Balaban J connectivity index is 1.32. The molecule has 0 bridgehead atoms. The lowest BCUT2D eigenvalue weighted by Crippen LogP contribution is -2.40. The van der Waals surface area contributed by atoms with Gasteiger partial charge in [0.05, 0.1) is 12.2 Å². The van der Waals surface area contributed by atoms with Crippen molar-refractivity contribution in [3.63, 3.8) is 0 Å². The Bertz CT molecular complexity index is 1350. The van der Waals surface area contributed by atoms with Gasteiger partial charge in [0.1, 0.15) is 41.1 Å². The number of para-hydroxylation sites is 1. The molecule has 0 saturated carbocycles. The van der Waals surface area contributed by atoms with Gasteiger partial charge in [-0.1, -0.05) is 30.3 Å². The third-order valence-corrected chi connectivity index (χ3v) is 7.09. The van der Waals surface area contributed by atoms with Crippen LogP contribution in [-0.2, 0) is 9.53 Å². The molecule has 10 heteroatoms. The van der Waals surface area contributed by atoms with E-state index in [1.54, 1.807) is 18.1 Å². The second-order valence-electron chi connectivity index (χ2n) is 10.0. The van der Waals surface area contributed by atoms with Gasteiger partial charge in [-0.3, -0.25) is 4.79 Å². The second-order valence-corrected chi connectivity index (χ2v) is 10.0. The van der Waals surface area contributed by atoms with Gasteiger partial charge in [0.25, 0.3) is 5.91 Å². The first-order chi connectivity index (χ1) is 20.0. The summed E-state index contributed by atoms with van der Waals surface area (Å²) < 4.78 is 11.0. The number of amides is 1. The zero-order valence-corrected chi connectivity index (χ0v) is 23.6. The van der Waals surface area contributed by atoms with E-state index in [2.05, 4.69) is 21.4 Å². The number of likely N-dealkylation sites (N-methyl/N-ethyl adjacent to an activating group) is 1. The monoisotopic (exact) mass is 555 g/mol. The van der Waals surface area contributed by atoms with E-state index in [0.29, 0.717) is 50.3 Å². The molecule has 1 saturated heterocycles. The van der Waals surface area contributed by atoms with Crippen molar-refractivity contribution in [2.24, 2.45) is 5.92 Å². The summed E-state index contributed by atoms with van der Waals surface area (Å²) in [4.78, 5) is 25.4. The number of nitriles is 1. The van der Waals surface area contributed by atoms with Crippen LogP contribution in [0.3, 0.4) is 0 Å². The fourth-order valence-electron chi connectivity index (χ4n) is 4.65. The Kier molecular flexibility index (Phi) is 10.7. The maximum absolute atomic E-state index is 12.9. The predicted molar refractivity (Wildman–Crippen MR) is 159 cm³/mol. The highest BCUT2D eigenvalue weighted by Gasteiger charge is 2.25. The van der Waals surface area contributed by atoms with Gasteiger partial charge in [-0.2, -0.15) is 5.26 Å². The summed E-state index contributed by atoms with van der Waals surface area (Å²) in [6.07, 6.45) is 4.81. The van der Waals surface area contributed by atoms with E-state index in [1.807, 2.05) is 66.5 Å². The van der Waals surface area contributed by atoms with E-state index in [0.717, 1.165) is 42.0 Å². The van der Waals surface area contributed by atoms with E-state index in [1.165, 1.54) is 6.33 Å². The van der Waals surface area contributed by atoms with E-state index in [9.17, 15) is 10.1 Å². The molecule has 3 aromatic rings. The first-order valence-electron chi connectivity index (χ1n) is 13.7. The van der Waals surface area contributed by atoms with E-state index in [-0.39, 0.29) is 11.5 Å². The Labute approximate surface area is 241 Å². The number of likely N-dealkylation sites (tertiary alicyclic amines) is 1. The van der Waals surface area contributed by atoms with Crippen molar-refractivity contribution in [3.8, 4) is 28.7 Å². The van der Waals surface area contributed by atoms with Crippen molar-refractivity contribution in [2.75, 3.05) is 64.5 Å². The van der Waals surface area contributed by atoms with Crippen molar-refractivity contribution >= 4 is 17.5 Å². The molecule has 3 N–H and O–H groups in total. The molecule has 2 heterocycles. The number of benzene rings is 2. The number of hydrogen-bond acceptors (Lipinski definition) is 9. The van der Waals surface area contributed by atoms with Gasteiger partial charge in [-0.05, 0) is 61.7 Å². The third kappa shape index (κ3) is 8.27. The number of nitrogen functional groups attached to an aromatic ring is 1. The number of rotatable bonds is 12. The summed E-state index contributed by atoms with van der Waals surface area (Å²) in [5.41, 5.74) is 8.09. The highest BCUT2D eigenvalue weighted by Crippen LogP contribution is 2.33. The minimum Gasteiger partial charge on any atom is -0.457 e. The number of piperidine rings is 1. The molecule has 1 amide bonds. The van der Waals surface area contributed by atoms with Crippen molar-refractivity contribution in [1.29, 1.82) is 5.26 Å². The average molecular weight is 556 g/mol. The topological polar surface area (TPSA) is 130 Å². The van der Waals surface area contributed by atoms with Crippen LogP contribution in [-0.4, -0.2) is 79.2 Å². The summed E-state index contributed by atoms with van der Waals surface area (Å²) in [5, 5.41) is 13.0. The molecular formula is C31H37N7O3. The quantitative estimate of drug-likeness (QED) is 0.249. The Morgan fingerprint density at radius 1 is 1.15 bits per heavy atom. The fraction of sp³-hybridized carbons (Fsp3) is 0.355. The molecule has 0 unspecified atom stereocenters. The van der Waals surface area contributed by atoms with Gasteiger partial charge >= 0.3 is 0 Å². The van der Waals surface area contributed by atoms with Crippen LogP contribution < -0.4 is 15.8 Å². The lowest BCUT2D eigenvalue weighted by Gasteiger charge is -2.32. The fourth-order valence-corrected chi connectivity index (χ4v) is 4.65. The molecule has 10 nitrogen and oxygen atoms in total. The Morgan fingerprint density at radius 2 is 1.85 bits per heavy atom. The second kappa shape index (κ2) is 14.8. The van der Waals surface area contributed by atoms with Gasteiger partial charge in [0.15, 0.2) is 0 Å². The Hall–Kier alpha value is -4.46. The van der Waals surface area contributed by atoms with Crippen LogP contribution in [0.1, 0.15) is 12.8 Å². The number of nitrogens with zero attached hydrogens (tertiary/aromatic N) is 5. The SMILES string of the molecule is COCCN(C)CC=C(C#N)C(=O)N1CCC(CNc2ncnc(N)c2-c2ccc(Oc3ccccc3)cc2)CC1. The molecule has 0 atom stereocenters. The van der Waals surface area contributed by atoms with Crippen LogP contribution in [0.2, 0.25) is 0 Å². The number of anilines is 2. The maximum atomic E-state index is 12.9. The molecule has 0 aliphatic carbocycles. The average Bonchev–Trinajstić information content (AvgIpc) is 3.00. The normalized spacial score (nSPS) is 14.1. The highest BCUT2D eigenvalue weighted by molar-refractivity contribution is 5.97. The largest absolute Gasteiger partial charge is 0.457 e. The number of carbonyl (C=O) groups excluding carboxylic acids is 1. The minimum atomic E-state index is -0.204. The number of carbonyl (C=O) groups is 1. The number of methoxy groups -OCH3 is 1. The summed E-state index contributed by atoms with van der Waals surface area (Å²) in [6.45, 7) is 3.74. The third-order valence-electron chi connectivity index (χ3n) is 7.09. The smallest absolute Gasteiger partial charge is 0.264 e. The van der Waals surface area contributed by atoms with Crippen molar-refractivity contribution in [2.45, 2.75) is 12.8 Å². The number of aromatic nitrogens is 2. The van der Waals surface area contributed by atoms with Crippen LogP contribution in [0.15, 0.2) is 72.6 Å². The first kappa shape index (κ1) is 29.5. The Morgan fingerprint density at radius 3 is 2.54 bits per heavy atom. The molecule has 214 valence electrons. The summed E-state index contributed by atoms with van der Waals surface area (Å²) in [6, 6.07) is 19.4. The molecule has 1 fully saturated rings. The van der Waals surface area contributed by atoms with E-state index >= 15 is 0 Å². The van der Waals surface area contributed by atoms with Gasteiger partial charge in [0.2, 0.25) is 0 Å². The van der Waals surface area contributed by atoms with Crippen LogP contribution in [0.25, 0.3) is 11.1 Å². The molecule has 1 aliphatic rings. The van der Waals surface area contributed by atoms with E-state index in [4.69, 9.17) is 15.2 Å². The number of hydrogen-bond donors (Lipinski definition) is 2. The van der Waals surface area contributed by atoms with Crippen molar-refractivity contribution in [3.05, 3.63) is 72.6 Å². The lowest BCUT2D eigenvalue weighted by molar-refractivity contribution is -0.128. The summed E-state index contributed by atoms with van der Waals surface area (Å²) in [7, 11) is 3.58. The maximum Gasteiger partial charge on any atom is 0.264 e. The molecule has 0 spiro atoms. The van der Waals surface area contributed by atoms with E-state index < -0.39 is 0 Å². The van der Waals surface area contributed by atoms with Gasteiger partial charge in [-0.25, -0.2) is 9.97 Å². The predicted octanol–water partition coefficient (Wildman–Crippen LogP) is 4.20. The van der Waals surface area contributed by atoms with Crippen LogP contribution in [0.5, 0.6) is 11.5 Å². The van der Waals surface area contributed by atoms with Crippen LogP contribution in [0.4, 0.5) is 11.6 Å². The zero-order valence-electron chi connectivity index (χ0n) is 23.6. The highest BCUT2D eigenvalue weighted by atomic mass is 16.5. The molecule has 4 rings (SSSR count). The standard InChI is InChI=1S/C31H37N7O3/c1-37(18-19-40-2)15-14-25(20-32)31(39)38-16-12-23(13-17-38)21-34-30-28(29(33)35-22-36-30)24-8-10-27(11-9-24)41-26-6-4-3-5-7-26/h3-11,14,22-23H,12-13,15-19,21H2,1-2H3,(H3,33,34,35,36). The molecular weight excluding hydrogens is 518 g/mol. The molecule has 1 aliphatic heterocycles. The van der Waals surface area contributed by atoms with Crippen molar-refractivity contribution in [1.82, 2.24) is 19.8 Å². The van der Waals surface area contributed by atoms with Gasteiger partial charge in [-0.15, -0.1) is 0 Å². The summed E-state index contributed by atoms with van der Waals surface area (Å²) in [5.74, 6) is 2.69. The minimum absolute atomic E-state index is 0.187. The lowest BCUT2D eigenvalue weighted by atomic mass is 9.96.